The number of hydrogen-bond acceptors (Lipinski definition) is 2. The molecule has 0 radical (unpaired) electrons. The van der Waals surface area contributed by atoms with Crippen molar-refractivity contribution in [3.8, 4) is 0 Å². The van der Waals surface area contributed by atoms with Crippen LogP contribution in [-0.2, 0) is 4.79 Å². The van der Waals surface area contributed by atoms with Crippen molar-refractivity contribution in [2.24, 2.45) is 5.92 Å². The van der Waals surface area contributed by atoms with Crippen molar-refractivity contribution in [3.05, 3.63) is 34.3 Å². The molecule has 92 valence electrons. The van der Waals surface area contributed by atoms with Gasteiger partial charge in [-0.25, -0.2) is 0 Å². The number of carboxylic acid groups (broad SMARTS) is 1. The molecule has 1 aromatic rings. The predicted octanol–water partition coefficient (Wildman–Crippen LogP) is 2.24. The normalized spacial score (nSPS) is 11.9. The molecule has 4 nitrogen and oxygen atoms in total. The van der Waals surface area contributed by atoms with Crippen LogP contribution >= 0.6 is 15.9 Å². The molecule has 0 heterocycles. The van der Waals surface area contributed by atoms with Crippen LogP contribution in [-0.4, -0.2) is 35.5 Å². The summed E-state index contributed by atoms with van der Waals surface area (Å²) in [6.07, 6.45) is 0. The van der Waals surface area contributed by atoms with Gasteiger partial charge in [0.25, 0.3) is 5.91 Å². The van der Waals surface area contributed by atoms with Gasteiger partial charge in [-0.15, -0.1) is 0 Å². The fourth-order valence-corrected chi connectivity index (χ4v) is 1.65. The Morgan fingerprint density at radius 2 is 1.88 bits per heavy atom. The molecule has 0 spiro atoms. The van der Waals surface area contributed by atoms with Gasteiger partial charge >= 0.3 is 5.97 Å². The van der Waals surface area contributed by atoms with Gasteiger partial charge in [0.2, 0.25) is 0 Å². The summed E-state index contributed by atoms with van der Waals surface area (Å²) < 4.78 is 0.899. The zero-order valence-corrected chi connectivity index (χ0v) is 11.3. The van der Waals surface area contributed by atoms with E-state index in [-0.39, 0.29) is 12.5 Å². The maximum atomic E-state index is 11.9. The van der Waals surface area contributed by atoms with Crippen molar-refractivity contribution in [1.29, 1.82) is 0 Å². The molecular formula is C12H14BrNO3. The summed E-state index contributed by atoms with van der Waals surface area (Å²) in [4.78, 5) is 24.0. The van der Waals surface area contributed by atoms with E-state index in [1.54, 1.807) is 38.2 Å². The lowest BCUT2D eigenvalue weighted by atomic mass is 10.1. The third-order valence-electron chi connectivity index (χ3n) is 2.41. The molecule has 1 atom stereocenters. The van der Waals surface area contributed by atoms with Crippen molar-refractivity contribution >= 4 is 27.8 Å². The SMILES string of the molecule is C[C@H](CN(C)C(=O)c1ccc(Br)cc1)C(=O)O. The number of carbonyl (C=O) groups excluding carboxylic acids is 1. The first-order valence-corrected chi connectivity index (χ1v) is 5.95. The number of benzene rings is 1. The molecular weight excluding hydrogens is 286 g/mol. The second kappa shape index (κ2) is 5.82. The second-order valence-corrected chi connectivity index (χ2v) is 4.85. The minimum atomic E-state index is -0.902. The lowest BCUT2D eigenvalue weighted by Gasteiger charge is -2.19. The first-order chi connectivity index (χ1) is 7.91. The quantitative estimate of drug-likeness (QED) is 0.927. The number of hydrogen-bond donors (Lipinski definition) is 1. The molecule has 0 unspecified atom stereocenters. The summed E-state index contributed by atoms with van der Waals surface area (Å²) in [5, 5.41) is 8.78. The highest BCUT2D eigenvalue weighted by Gasteiger charge is 2.18. The van der Waals surface area contributed by atoms with Crippen LogP contribution in [0.25, 0.3) is 0 Å². The van der Waals surface area contributed by atoms with Crippen LogP contribution in [0.1, 0.15) is 17.3 Å². The number of halogens is 1. The molecule has 0 saturated carbocycles. The standard InChI is InChI=1S/C12H14BrNO3/c1-8(12(16)17)7-14(2)11(15)9-3-5-10(13)6-4-9/h3-6,8H,7H2,1-2H3,(H,16,17)/t8-/m1/s1. The van der Waals surface area contributed by atoms with E-state index in [1.165, 1.54) is 4.90 Å². The Hall–Kier alpha value is -1.36. The summed E-state index contributed by atoms with van der Waals surface area (Å²) in [5.41, 5.74) is 0.549. The largest absolute Gasteiger partial charge is 0.481 e. The highest BCUT2D eigenvalue weighted by molar-refractivity contribution is 9.10. The molecule has 1 amide bonds. The van der Waals surface area contributed by atoms with Crippen LogP contribution in [0, 0.1) is 5.92 Å². The van der Waals surface area contributed by atoms with Gasteiger partial charge in [0.15, 0.2) is 0 Å². The molecule has 0 aliphatic heterocycles. The van der Waals surface area contributed by atoms with Crippen molar-refractivity contribution in [2.75, 3.05) is 13.6 Å². The third kappa shape index (κ3) is 3.85. The average Bonchev–Trinajstić information content (AvgIpc) is 2.28. The van der Waals surface area contributed by atoms with Gasteiger partial charge in [0, 0.05) is 23.6 Å². The van der Waals surface area contributed by atoms with Crippen LogP contribution in [0.2, 0.25) is 0 Å². The van der Waals surface area contributed by atoms with E-state index in [2.05, 4.69) is 15.9 Å². The summed E-state index contributed by atoms with van der Waals surface area (Å²) >= 11 is 3.29. The van der Waals surface area contributed by atoms with E-state index in [0.29, 0.717) is 5.56 Å². The lowest BCUT2D eigenvalue weighted by molar-refractivity contribution is -0.141. The zero-order valence-electron chi connectivity index (χ0n) is 9.68. The lowest BCUT2D eigenvalue weighted by Crippen LogP contribution is -2.33. The molecule has 0 aliphatic carbocycles. The van der Waals surface area contributed by atoms with Gasteiger partial charge < -0.3 is 10.0 Å². The van der Waals surface area contributed by atoms with Crippen LogP contribution in [0.3, 0.4) is 0 Å². The Morgan fingerprint density at radius 1 is 1.35 bits per heavy atom. The number of rotatable bonds is 4. The van der Waals surface area contributed by atoms with Gasteiger partial charge in [-0.05, 0) is 24.3 Å². The van der Waals surface area contributed by atoms with Gasteiger partial charge in [-0.2, -0.15) is 0 Å². The highest BCUT2D eigenvalue weighted by atomic mass is 79.9. The molecule has 1 N–H and O–H groups in total. The van der Waals surface area contributed by atoms with Crippen molar-refractivity contribution < 1.29 is 14.7 Å². The maximum Gasteiger partial charge on any atom is 0.308 e. The molecule has 0 aliphatic rings. The Labute approximate surface area is 108 Å². The average molecular weight is 300 g/mol. The molecule has 0 fully saturated rings. The maximum absolute atomic E-state index is 11.9. The summed E-state index contributed by atoms with van der Waals surface area (Å²) in [6, 6.07) is 6.96. The van der Waals surface area contributed by atoms with Gasteiger partial charge in [0.1, 0.15) is 0 Å². The zero-order chi connectivity index (χ0) is 13.0. The van der Waals surface area contributed by atoms with E-state index in [9.17, 15) is 9.59 Å². The topological polar surface area (TPSA) is 57.6 Å². The fraction of sp³-hybridized carbons (Fsp3) is 0.333. The fourth-order valence-electron chi connectivity index (χ4n) is 1.38. The van der Waals surface area contributed by atoms with Crippen LogP contribution in [0.5, 0.6) is 0 Å². The number of aliphatic carboxylic acids is 1. The molecule has 0 saturated heterocycles. The highest BCUT2D eigenvalue weighted by Crippen LogP contribution is 2.12. The monoisotopic (exact) mass is 299 g/mol. The number of nitrogens with zero attached hydrogens (tertiary/aromatic N) is 1. The van der Waals surface area contributed by atoms with Crippen molar-refractivity contribution in [3.63, 3.8) is 0 Å². The number of carbonyl (C=O) groups is 2. The van der Waals surface area contributed by atoms with E-state index >= 15 is 0 Å². The Balaban J connectivity index is 2.70. The molecule has 0 bridgehead atoms. The van der Waals surface area contributed by atoms with Crippen LogP contribution in [0.15, 0.2) is 28.7 Å². The molecule has 1 rings (SSSR count). The van der Waals surface area contributed by atoms with Gasteiger partial charge in [-0.1, -0.05) is 22.9 Å². The second-order valence-electron chi connectivity index (χ2n) is 3.93. The van der Waals surface area contributed by atoms with Gasteiger partial charge in [-0.3, -0.25) is 9.59 Å². The summed E-state index contributed by atoms with van der Waals surface area (Å²) in [5.74, 6) is -1.65. The predicted molar refractivity (Wildman–Crippen MR) is 67.9 cm³/mol. The van der Waals surface area contributed by atoms with E-state index in [0.717, 1.165) is 4.47 Å². The van der Waals surface area contributed by atoms with E-state index in [4.69, 9.17) is 5.11 Å². The molecule has 1 aromatic carbocycles. The number of carboxylic acids is 1. The first kappa shape index (κ1) is 13.7. The Morgan fingerprint density at radius 3 is 2.35 bits per heavy atom. The molecule has 5 heteroatoms. The van der Waals surface area contributed by atoms with Crippen molar-refractivity contribution in [1.82, 2.24) is 4.90 Å². The Bertz CT molecular complexity index is 416. The van der Waals surface area contributed by atoms with Crippen LogP contribution < -0.4 is 0 Å². The first-order valence-electron chi connectivity index (χ1n) is 5.15. The van der Waals surface area contributed by atoms with E-state index < -0.39 is 11.9 Å². The van der Waals surface area contributed by atoms with E-state index in [1.807, 2.05) is 0 Å². The Kier molecular flexibility index (Phi) is 4.69. The third-order valence-corrected chi connectivity index (χ3v) is 2.94. The van der Waals surface area contributed by atoms with Crippen molar-refractivity contribution in [2.45, 2.75) is 6.92 Å². The minimum Gasteiger partial charge on any atom is -0.481 e. The van der Waals surface area contributed by atoms with Gasteiger partial charge in [0.05, 0.1) is 5.92 Å². The molecule has 17 heavy (non-hydrogen) atoms. The minimum absolute atomic E-state index is 0.175. The number of amides is 1. The summed E-state index contributed by atoms with van der Waals surface area (Å²) in [7, 11) is 1.60. The smallest absolute Gasteiger partial charge is 0.308 e. The molecule has 0 aromatic heterocycles. The van der Waals surface area contributed by atoms with Crippen LogP contribution in [0.4, 0.5) is 0 Å². The summed E-state index contributed by atoms with van der Waals surface area (Å²) in [6.45, 7) is 1.78.